The van der Waals surface area contributed by atoms with E-state index in [2.05, 4.69) is 5.32 Å². The topological polar surface area (TPSA) is 30.5 Å². The van der Waals surface area contributed by atoms with E-state index in [1.165, 1.54) is 7.05 Å². The quantitative estimate of drug-likeness (QED) is 0.709. The molecule has 0 amide bonds. The molecule has 0 radical (unpaired) electrons. The van der Waals surface area contributed by atoms with Gasteiger partial charge in [0.2, 0.25) is 0 Å². The van der Waals surface area contributed by atoms with Crippen LogP contribution in [-0.2, 0) is 9.47 Å². The summed E-state index contributed by atoms with van der Waals surface area (Å²) < 4.78 is 35.9. The molecule has 0 aliphatic carbocycles. The fraction of sp³-hybridized carbons (Fsp3) is 1.00. The minimum Gasteiger partial charge on any atom is -0.376 e. The molecule has 1 saturated heterocycles. The molecule has 14 heavy (non-hydrogen) atoms. The minimum absolute atomic E-state index is 0.0142. The zero-order valence-electron chi connectivity index (χ0n) is 8.39. The third kappa shape index (κ3) is 4.30. The molecule has 1 N–H and O–H groups in total. The van der Waals surface area contributed by atoms with E-state index < -0.39 is 12.5 Å². The number of rotatable bonds is 6. The smallest absolute Gasteiger partial charge is 0.283 e. The number of hydrogen-bond donors (Lipinski definition) is 1. The van der Waals surface area contributed by atoms with Crippen molar-refractivity contribution in [3.8, 4) is 0 Å². The van der Waals surface area contributed by atoms with Crippen molar-refractivity contribution in [3.05, 3.63) is 0 Å². The molecule has 1 aliphatic rings. The predicted molar refractivity (Wildman–Crippen MR) is 48.7 cm³/mol. The maximum atomic E-state index is 12.9. The molecule has 1 unspecified atom stereocenters. The Bertz CT molecular complexity index is 161. The van der Waals surface area contributed by atoms with Gasteiger partial charge in [-0.15, -0.1) is 0 Å². The van der Waals surface area contributed by atoms with Gasteiger partial charge >= 0.3 is 0 Å². The second-order valence-corrected chi connectivity index (χ2v) is 3.54. The molecule has 3 nitrogen and oxygen atoms in total. The fourth-order valence-corrected chi connectivity index (χ4v) is 1.43. The summed E-state index contributed by atoms with van der Waals surface area (Å²) in [6, 6.07) is 0. The summed E-state index contributed by atoms with van der Waals surface area (Å²) in [5.41, 5.74) is 0. The van der Waals surface area contributed by atoms with E-state index in [-0.39, 0.29) is 19.3 Å². The van der Waals surface area contributed by atoms with Crippen LogP contribution in [-0.4, -0.2) is 45.4 Å². The highest BCUT2D eigenvalue weighted by Gasteiger charge is 2.28. The highest BCUT2D eigenvalue weighted by Crippen LogP contribution is 2.15. The summed E-state index contributed by atoms with van der Waals surface area (Å²) in [6.07, 6.45) is 1.93. The molecule has 0 aromatic rings. The molecular formula is C9H17F2NO2. The average Bonchev–Trinajstić information content (AvgIpc) is 2.56. The van der Waals surface area contributed by atoms with Crippen molar-refractivity contribution < 1.29 is 18.3 Å². The zero-order valence-corrected chi connectivity index (χ0v) is 8.39. The predicted octanol–water partition coefficient (Wildman–Crippen LogP) is 1.04. The maximum Gasteiger partial charge on any atom is 0.283 e. The summed E-state index contributed by atoms with van der Waals surface area (Å²) in [6.45, 7) is 0.118. The van der Waals surface area contributed by atoms with Gasteiger partial charge in [0.1, 0.15) is 6.61 Å². The van der Waals surface area contributed by atoms with Crippen LogP contribution in [0.2, 0.25) is 0 Å². The maximum absolute atomic E-state index is 12.9. The lowest BCUT2D eigenvalue weighted by molar-refractivity contribution is -0.0902. The monoisotopic (exact) mass is 209 g/mol. The summed E-state index contributed by atoms with van der Waals surface area (Å²) in [7, 11) is 1.49. The Kier molecular flexibility index (Phi) is 4.71. The highest BCUT2D eigenvalue weighted by molar-refractivity contribution is 4.69. The summed E-state index contributed by atoms with van der Waals surface area (Å²) in [5.74, 6) is -2.78. The van der Waals surface area contributed by atoms with Crippen LogP contribution in [0.15, 0.2) is 0 Å². The van der Waals surface area contributed by atoms with E-state index >= 15 is 0 Å². The normalized spacial score (nSPS) is 22.9. The molecule has 1 rings (SSSR count). The Labute approximate surface area is 82.8 Å². The van der Waals surface area contributed by atoms with Crippen LogP contribution in [0.3, 0.4) is 0 Å². The van der Waals surface area contributed by atoms with Gasteiger partial charge < -0.3 is 14.8 Å². The van der Waals surface area contributed by atoms with Crippen LogP contribution in [0.1, 0.15) is 12.8 Å². The summed E-state index contributed by atoms with van der Waals surface area (Å²) in [5, 5.41) is 2.43. The largest absolute Gasteiger partial charge is 0.376 e. The van der Waals surface area contributed by atoms with Crippen molar-refractivity contribution in [2.45, 2.75) is 24.9 Å². The van der Waals surface area contributed by atoms with Crippen LogP contribution < -0.4 is 5.32 Å². The Morgan fingerprint density at radius 3 is 2.93 bits per heavy atom. The molecule has 0 bridgehead atoms. The third-order valence-corrected chi connectivity index (χ3v) is 2.08. The Morgan fingerprint density at radius 2 is 2.36 bits per heavy atom. The second-order valence-electron chi connectivity index (χ2n) is 3.54. The van der Waals surface area contributed by atoms with Gasteiger partial charge in [-0.1, -0.05) is 0 Å². The van der Waals surface area contributed by atoms with Crippen LogP contribution in [0.25, 0.3) is 0 Å². The zero-order chi connectivity index (χ0) is 10.4. The minimum atomic E-state index is -2.78. The number of ether oxygens (including phenoxy) is 2. The van der Waals surface area contributed by atoms with Crippen molar-refractivity contribution in [3.63, 3.8) is 0 Å². The van der Waals surface area contributed by atoms with Crippen molar-refractivity contribution in [2.24, 2.45) is 0 Å². The van der Waals surface area contributed by atoms with Gasteiger partial charge in [0, 0.05) is 6.61 Å². The first kappa shape index (κ1) is 11.8. The van der Waals surface area contributed by atoms with Crippen LogP contribution in [0.5, 0.6) is 0 Å². The highest BCUT2D eigenvalue weighted by atomic mass is 19.3. The van der Waals surface area contributed by atoms with Gasteiger partial charge in [0.15, 0.2) is 0 Å². The summed E-state index contributed by atoms with van der Waals surface area (Å²) >= 11 is 0. The Balaban J connectivity index is 2.07. The van der Waals surface area contributed by atoms with Gasteiger partial charge in [-0.3, -0.25) is 0 Å². The number of halogens is 2. The van der Waals surface area contributed by atoms with Crippen molar-refractivity contribution >= 4 is 0 Å². The SMILES string of the molecule is CNCC(F)(F)COCC1CCCO1. The van der Waals surface area contributed by atoms with E-state index in [1.807, 2.05) is 0 Å². The van der Waals surface area contributed by atoms with Crippen LogP contribution >= 0.6 is 0 Å². The standard InChI is InChI=1S/C9H17F2NO2/c1-12-6-9(10,11)7-13-5-8-3-2-4-14-8/h8,12H,2-7H2,1H3. The molecule has 1 heterocycles. The van der Waals surface area contributed by atoms with Crippen molar-refractivity contribution in [1.29, 1.82) is 0 Å². The molecule has 0 spiro atoms. The van der Waals surface area contributed by atoms with E-state index in [0.29, 0.717) is 0 Å². The molecule has 0 aromatic carbocycles. The van der Waals surface area contributed by atoms with Crippen molar-refractivity contribution in [1.82, 2.24) is 5.32 Å². The first-order valence-electron chi connectivity index (χ1n) is 4.86. The lowest BCUT2D eigenvalue weighted by Gasteiger charge is -2.17. The third-order valence-electron chi connectivity index (χ3n) is 2.08. The molecular weight excluding hydrogens is 192 g/mol. The summed E-state index contributed by atoms with van der Waals surface area (Å²) in [4.78, 5) is 0. The van der Waals surface area contributed by atoms with Crippen LogP contribution in [0.4, 0.5) is 8.78 Å². The number of alkyl halides is 2. The van der Waals surface area contributed by atoms with E-state index in [4.69, 9.17) is 9.47 Å². The molecule has 0 aromatic heterocycles. The average molecular weight is 209 g/mol. The first-order valence-corrected chi connectivity index (χ1v) is 4.86. The Morgan fingerprint density at radius 1 is 1.57 bits per heavy atom. The molecule has 84 valence electrons. The molecule has 0 saturated carbocycles. The molecule has 1 atom stereocenters. The molecule has 1 aliphatic heterocycles. The second kappa shape index (κ2) is 5.58. The lowest BCUT2D eigenvalue weighted by Crippen LogP contribution is -2.36. The van der Waals surface area contributed by atoms with E-state index in [9.17, 15) is 8.78 Å². The molecule has 5 heteroatoms. The van der Waals surface area contributed by atoms with E-state index in [1.54, 1.807) is 0 Å². The number of nitrogens with one attached hydrogen (secondary N) is 1. The van der Waals surface area contributed by atoms with Gasteiger partial charge in [-0.2, -0.15) is 0 Å². The van der Waals surface area contributed by atoms with Crippen LogP contribution in [0, 0.1) is 0 Å². The molecule has 1 fully saturated rings. The Hall–Kier alpha value is -0.260. The van der Waals surface area contributed by atoms with Crippen molar-refractivity contribution in [2.75, 3.05) is 33.4 Å². The first-order chi connectivity index (χ1) is 6.64. The van der Waals surface area contributed by atoms with Gasteiger partial charge in [-0.05, 0) is 19.9 Å². The van der Waals surface area contributed by atoms with Gasteiger partial charge in [0.25, 0.3) is 5.92 Å². The van der Waals surface area contributed by atoms with Gasteiger partial charge in [-0.25, -0.2) is 8.78 Å². The van der Waals surface area contributed by atoms with E-state index in [0.717, 1.165) is 19.4 Å². The lowest BCUT2D eigenvalue weighted by atomic mass is 10.2. The van der Waals surface area contributed by atoms with Gasteiger partial charge in [0.05, 0.1) is 19.3 Å². The fourth-order valence-electron chi connectivity index (χ4n) is 1.43. The number of hydrogen-bond acceptors (Lipinski definition) is 3.